The van der Waals surface area contributed by atoms with Crippen molar-refractivity contribution in [3.63, 3.8) is 0 Å². The fourth-order valence-electron chi connectivity index (χ4n) is 9.12. The first-order valence-electron chi connectivity index (χ1n) is 13.9. The standard InChI is InChI=1S/C30H50O2/c1-19(2)20(3)8-9-21(4)25-12-13-27-24-10-11-26-23(18-32-22(5)31)14-16-30(26,7)28(24)15-17-29(25,27)6/h12-13,19-21,23-28H,8-11,14-18H2,1-7H3/t20-,21+,23+,24-,25+,26-,27-,28-,29+,30-/m0/s1. The number of allylic oxidation sites excluding steroid dienone is 2. The van der Waals surface area contributed by atoms with Crippen molar-refractivity contribution in [2.45, 2.75) is 99.8 Å². The summed E-state index contributed by atoms with van der Waals surface area (Å²) in [7, 11) is 0. The van der Waals surface area contributed by atoms with Crippen LogP contribution in [0.25, 0.3) is 0 Å². The first kappa shape index (κ1) is 24.3. The number of ether oxygens (including phenoxy) is 1. The molecule has 4 aliphatic carbocycles. The number of hydrogen-bond donors (Lipinski definition) is 0. The average Bonchev–Trinajstić information content (AvgIpc) is 3.26. The van der Waals surface area contributed by atoms with Crippen LogP contribution in [-0.2, 0) is 9.53 Å². The molecule has 2 heteroatoms. The largest absolute Gasteiger partial charge is 0.466 e. The summed E-state index contributed by atoms with van der Waals surface area (Å²) in [5.74, 6) is 6.93. The molecule has 2 nitrogen and oxygen atoms in total. The first-order valence-corrected chi connectivity index (χ1v) is 13.9. The van der Waals surface area contributed by atoms with Crippen molar-refractivity contribution >= 4 is 5.97 Å². The van der Waals surface area contributed by atoms with Gasteiger partial charge in [-0.2, -0.15) is 0 Å². The molecule has 0 N–H and O–H groups in total. The van der Waals surface area contributed by atoms with E-state index in [1.807, 2.05) is 0 Å². The summed E-state index contributed by atoms with van der Waals surface area (Å²) in [5, 5.41) is 0. The molecule has 0 aromatic heterocycles. The summed E-state index contributed by atoms with van der Waals surface area (Å²) >= 11 is 0. The highest BCUT2D eigenvalue weighted by Crippen LogP contribution is 2.68. The Balaban J connectivity index is 1.44. The molecule has 0 heterocycles. The van der Waals surface area contributed by atoms with E-state index in [2.05, 4.69) is 53.7 Å². The Morgan fingerprint density at radius 1 is 0.938 bits per heavy atom. The van der Waals surface area contributed by atoms with Gasteiger partial charge in [0, 0.05) is 6.92 Å². The average molecular weight is 443 g/mol. The summed E-state index contributed by atoms with van der Waals surface area (Å²) in [5.41, 5.74) is 0.930. The molecule has 32 heavy (non-hydrogen) atoms. The molecule has 10 atom stereocenters. The summed E-state index contributed by atoms with van der Waals surface area (Å²) in [6.07, 6.45) is 16.2. The van der Waals surface area contributed by atoms with Gasteiger partial charge in [0.1, 0.15) is 0 Å². The zero-order chi connectivity index (χ0) is 23.3. The van der Waals surface area contributed by atoms with E-state index in [4.69, 9.17) is 4.74 Å². The summed E-state index contributed by atoms with van der Waals surface area (Å²) in [4.78, 5) is 11.4. The third kappa shape index (κ3) is 4.11. The number of hydrogen-bond acceptors (Lipinski definition) is 2. The maximum Gasteiger partial charge on any atom is 0.302 e. The lowest BCUT2D eigenvalue weighted by Gasteiger charge is -2.58. The van der Waals surface area contributed by atoms with E-state index < -0.39 is 0 Å². The van der Waals surface area contributed by atoms with Crippen LogP contribution in [0, 0.1) is 64.1 Å². The van der Waals surface area contributed by atoms with Crippen LogP contribution < -0.4 is 0 Å². The van der Waals surface area contributed by atoms with Gasteiger partial charge >= 0.3 is 5.97 Å². The van der Waals surface area contributed by atoms with E-state index in [1.165, 1.54) is 51.4 Å². The van der Waals surface area contributed by atoms with Gasteiger partial charge in [-0.3, -0.25) is 4.79 Å². The SMILES string of the molecule is CC(=O)OC[C@H]1CC[C@@]2(C)[C@H]1CC[C@H]1[C@@H]3C=C[C@H]([C@H](C)CC[C@H](C)C(C)C)[C@@]3(C)CC[C@@H]12. The van der Waals surface area contributed by atoms with Crippen molar-refractivity contribution in [2.24, 2.45) is 64.1 Å². The zero-order valence-corrected chi connectivity index (χ0v) is 22.0. The minimum Gasteiger partial charge on any atom is -0.466 e. The van der Waals surface area contributed by atoms with Crippen molar-refractivity contribution in [3.05, 3.63) is 12.2 Å². The zero-order valence-electron chi connectivity index (χ0n) is 22.0. The van der Waals surface area contributed by atoms with Gasteiger partial charge in [0.25, 0.3) is 0 Å². The lowest BCUT2D eigenvalue weighted by molar-refractivity contribution is -0.144. The minimum absolute atomic E-state index is 0.111. The van der Waals surface area contributed by atoms with Crippen molar-refractivity contribution in [3.8, 4) is 0 Å². The van der Waals surface area contributed by atoms with Crippen LogP contribution in [0.15, 0.2) is 12.2 Å². The van der Waals surface area contributed by atoms with E-state index in [0.717, 1.165) is 47.3 Å². The molecule has 0 radical (unpaired) electrons. The van der Waals surface area contributed by atoms with Crippen LogP contribution in [0.5, 0.6) is 0 Å². The van der Waals surface area contributed by atoms with E-state index in [-0.39, 0.29) is 5.97 Å². The molecule has 0 spiro atoms. The lowest BCUT2D eigenvalue weighted by atomic mass is 9.46. The van der Waals surface area contributed by atoms with Crippen molar-refractivity contribution in [1.82, 2.24) is 0 Å². The van der Waals surface area contributed by atoms with E-state index in [0.29, 0.717) is 23.4 Å². The van der Waals surface area contributed by atoms with Crippen LogP contribution in [0.4, 0.5) is 0 Å². The lowest BCUT2D eigenvalue weighted by Crippen LogP contribution is -2.51. The van der Waals surface area contributed by atoms with Gasteiger partial charge in [0.15, 0.2) is 0 Å². The Labute approximate surface area is 198 Å². The van der Waals surface area contributed by atoms with Crippen LogP contribution in [-0.4, -0.2) is 12.6 Å². The maximum absolute atomic E-state index is 11.4. The van der Waals surface area contributed by atoms with Gasteiger partial charge < -0.3 is 4.74 Å². The molecular formula is C30H50O2. The molecule has 0 aromatic rings. The molecule has 0 aliphatic heterocycles. The van der Waals surface area contributed by atoms with Gasteiger partial charge in [-0.1, -0.05) is 60.1 Å². The molecule has 4 aliphatic rings. The van der Waals surface area contributed by atoms with Crippen LogP contribution in [0.3, 0.4) is 0 Å². The third-order valence-electron chi connectivity index (χ3n) is 11.5. The van der Waals surface area contributed by atoms with Crippen LogP contribution in [0.2, 0.25) is 0 Å². The topological polar surface area (TPSA) is 26.3 Å². The molecule has 3 saturated carbocycles. The fraction of sp³-hybridized carbons (Fsp3) is 0.900. The molecule has 0 unspecified atom stereocenters. The smallest absolute Gasteiger partial charge is 0.302 e. The van der Waals surface area contributed by atoms with Crippen molar-refractivity contribution in [2.75, 3.05) is 6.61 Å². The Hall–Kier alpha value is -0.790. The second kappa shape index (κ2) is 9.10. The highest BCUT2D eigenvalue weighted by Gasteiger charge is 2.61. The van der Waals surface area contributed by atoms with Gasteiger partial charge in [-0.05, 0) is 109 Å². The van der Waals surface area contributed by atoms with E-state index in [1.54, 1.807) is 6.92 Å². The summed E-state index contributed by atoms with van der Waals surface area (Å²) < 4.78 is 5.49. The number of rotatable bonds is 7. The second-order valence-corrected chi connectivity index (χ2v) is 13.3. The van der Waals surface area contributed by atoms with Gasteiger partial charge in [-0.15, -0.1) is 0 Å². The Bertz CT molecular complexity index is 710. The predicted octanol–water partition coefficient (Wildman–Crippen LogP) is 7.92. The number of carbonyl (C=O) groups excluding carboxylic acids is 1. The number of esters is 1. The normalized spacial score (nSPS) is 44.6. The maximum atomic E-state index is 11.4. The molecule has 4 rings (SSSR count). The van der Waals surface area contributed by atoms with Crippen molar-refractivity contribution < 1.29 is 9.53 Å². The van der Waals surface area contributed by atoms with E-state index in [9.17, 15) is 4.79 Å². The Morgan fingerprint density at radius 2 is 1.66 bits per heavy atom. The predicted molar refractivity (Wildman–Crippen MR) is 133 cm³/mol. The molecule has 0 saturated heterocycles. The number of carbonyl (C=O) groups is 1. The highest BCUT2D eigenvalue weighted by molar-refractivity contribution is 5.65. The van der Waals surface area contributed by atoms with Gasteiger partial charge in [-0.25, -0.2) is 0 Å². The molecule has 3 fully saturated rings. The van der Waals surface area contributed by atoms with Crippen LogP contribution >= 0.6 is 0 Å². The second-order valence-electron chi connectivity index (χ2n) is 13.3. The minimum atomic E-state index is -0.111. The molecule has 0 bridgehead atoms. The third-order valence-corrected chi connectivity index (χ3v) is 11.5. The summed E-state index contributed by atoms with van der Waals surface area (Å²) in [6.45, 7) is 17.2. The highest BCUT2D eigenvalue weighted by atomic mass is 16.5. The van der Waals surface area contributed by atoms with Gasteiger partial charge in [0.2, 0.25) is 0 Å². The fourth-order valence-corrected chi connectivity index (χ4v) is 9.12. The van der Waals surface area contributed by atoms with E-state index >= 15 is 0 Å². The van der Waals surface area contributed by atoms with Crippen LogP contribution in [0.1, 0.15) is 99.8 Å². The molecule has 0 amide bonds. The molecule has 182 valence electrons. The molecular weight excluding hydrogens is 392 g/mol. The number of fused-ring (bicyclic) bond motifs is 5. The summed E-state index contributed by atoms with van der Waals surface area (Å²) in [6, 6.07) is 0. The van der Waals surface area contributed by atoms with Crippen molar-refractivity contribution in [1.29, 1.82) is 0 Å². The Morgan fingerprint density at radius 3 is 2.34 bits per heavy atom. The Kier molecular flexibility index (Phi) is 6.92. The quantitative estimate of drug-likeness (QED) is 0.296. The molecule has 0 aromatic carbocycles. The first-order chi connectivity index (χ1) is 15.1. The monoisotopic (exact) mass is 442 g/mol. The van der Waals surface area contributed by atoms with Gasteiger partial charge in [0.05, 0.1) is 6.61 Å².